The molecule has 6 heteroatoms. The summed E-state index contributed by atoms with van der Waals surface area (Å²) in [4.78, 5) is 25.1. The first-order chi connectivity index (χ1) is 8.85. The van der Waals surface area contributed by atoms with Gasteiger partial charge in [0.1, 0.15) is 6.54 Å². The lowest BCUT2D eigenvalue weighted by Crippen LogP contribution is -2.41. The summed E-state index contributed by atoms with van der Waals surface area (Å²) in [5.74, 6) is -0.786. The van der Waals surface area contributed by atoms with Crippen molar-refractivity contribution in [2.45, 2.75) is 19.9 Å². The van der Waals surface area contributed by atoms with E-state index in [1.807, 2.05) is 13.8 Å². The second-order valence-corrected chi connectivity index (χ2v) is 4.81. The smallest absolute Gasteiger partial charge is 0.325 e. The van der Waals surface area contributed by atoms with Crippen LogP contribution in [0.3, 0.4) is 0 Å². The number of ether oxygens (including phenoxy) is 1. The van der Waals surface area contributed by atoms with Crippen molar-refractivity contribution in [2.24, 2.45) is 0 Å². The van der Waals surface area contributed by atoms with Crippen LogP contribution in [-0.4, -0.2) is 36.5 Å². The molecule has 0 heterocycles. The van der Waals surface area contributed by atoms with Crippen LogP contribution in [0.1, 0.15) is 24.2 Å². The maximum atomic E-state index is 12.3. The summed E-state index contributed by atoms with van der Waals surface area (Å²) in [6.07, 6.45) is 0. The molecule has 0 spiro atoms. The zero-order valence-corrected chi connectivity index (χ0v) is 11.9. The highest BCUT2D eigenvalue weighted by atomic mass is 35.5. The number of nitrogens with two attached hydrogens (primary N) is 1. The molecule has 1 rings (SSSR count). The van der Waals surface area contributed by atoms with Gasteiger partial charge in [0.25, 0.3) is 5.91 Å². The number of methoxy groups -OCH3 is 1. The molecule has 0 aliphatic heterocycles. The fraction of sp³-hybridized carbons (Fsp3) is 0.385. The number of rotatable bonds is 4. The predicted octanol–water partition coefficient (Wildman–Crippen LogP) is 1.95. The van der Waals surface area contributed by atoms with E-state index in [2.05, 4.69) is 4.74 Å². The van der Waals surface area contributed by atoms with Crippen molar-refractivity contribution in [1.29, 1.82) is 0 Å². The Balaban J connectivity index is 3.02. The standard InChI is InChI=1S/C13H17ClN2O3/c1-8(2)16(7-12(17)19-3)13(18)9-4-10(14)6-11(15)5-9/h4-6,8H,7,15H2,1-3H3. The van der Waals surface area contributed by atoms with E-state index in [0.717, 1.165) is 0 Å². The summed E-state index contributed by atoms with van der Waals surface area (Å²) in [6.45, 7) is 3.52. The summed E-state index contributed by atoms with van der Waals surface area (Å²) in [7, 11) is 1.28. The number of hydrogen-bond donors (Lipinski definition) is 1. The molecule has 5 nitrogen and oxygen atoms in total. The first-order valence-corrected chi connectivity index (χ1v) is 6.16. The molecule has 0 fully saturated rings. The molecular weight excluding hydrogens is 268 g/mol. The van der Waals surface area contributed by atoms with Crippen LogP contribution in [0.2, 0.25) is 5.02 Å². The van der Waals surface area contributed by atoms with Gasteiger partial charge in [0, 0.05) is 22.3 Å². The van der Waals surface area contributed by atoms with Gasteiger partial charge in [-0.2, -0.15) is 0 Å². The second kappa shape index (κ2) is 6.43. The van der Waals surface area contributed by atoms with Crippen LogP contribution in [0, 0.1) is 0 Å². The topological polar surface area (TPSA) is 72.6 Å². The van der Waals surface area contributed by atoms with Crippen molar-refractivity contribution in [1.82, 2.24) is 4.90 Å². The van der Waals surface area contributed by atoms with Crippen molar-refractivity contribution < 1.29 is 14.3 Å². The Labute approximate surface area is 117 Å². The van der Waals surface area contributed by atoms with E-state index in [4.69, 9.17) is 17.3 Å². The molecule has 0 aliphatic rings. The van der Waals surface area contributed by atoms with E-state index in [1.54, 1.807) is 6.07 Å². The molecular formula is C13H17ClN2O3. The van der Waals surface area contributed by atoms with Gasteiger partial charge in [0.05, 0.1) is 7.11 Å². The number of esters is 1. The average molecular weight is 285 g/mol. The third-order valence-electron chi connectivity index (χ3n) is 2.58. The third-order valence-corrected chi connectivity index (χ3v) is 2.80. The van der Waals surface area contributed by atoms with E-state index in [1.165, 1.54) is 24.1 Å². The highest BCUT2D eigenvalue weighted by Crippen LogP contribution is 2.19. The van der Waals surface area contributed by atoms with Crippen molar-refractivity contribution in [2.75, 3.05) is 19.4 Å². The predicted molar refractivity (Wildman–Crippen MR) is 74.1 cm³/mol. The molecule has 0 saturated heterocycles. The fourth-order valence-corrected chi connectivity index (χ4v) is 1.84. The first kappa shape index (κ1) is 15.3. The number of carbonyl (C=O) groups is 2. The largest absolute Gasteiger partial charge is 0.468 e. The molecule has 0 unspecified atom stereocenters. The Morgan fingerprint density at radius 1 is 1.37 bits per heavy atom. The molecule has 1 aromatic carbocycles. The Morgan fingerprint density at radius 3 is 2.47 bits per heavy atom. The van der Waals surface area contributed by atoms with E-state index in [-0.39, 0.29) is 18.5 Å². The highest BCUT2D eigenvalue weighted by molar-refractivity contribution is 6.31. The maximum Gasteiger partial charge on any atom is 0.325 e. The number of carbonyl (C=O) groups excluding carboxylic acids is 2. The van der Waals surface area contributed by atoms with Gasteiger partial charge in [-0.25, -0.2) is 0 Å². The Kier molecular flexibility index (Phi) is 5.18. The summed E-state index contributed by atoms with van der Waals surface area (Å²) in [5.41, 5.74) is 6.40. The Bertz CT molecular complexity index is 469. The minimum absolute atomic E-state index is 0.112. The highest BCUT2D eigenvalue weighted by Gasteiger charge is 2.22. The molecule has 1 aromatic rings. The summed E-state index contributed by atoms with van der Waals surface area (Å²) in [6, 6.07) is 4.46. The van der Waals surface area contributed by atoms with Gasteiger partial charge < -0.3 is 15.4 Å². The minimum atomic E-state index is -0.475. The Morgan fingerprint density at radius 2 is 2.00 bits per heavy atom. The SMILES string of the molecule is COC(=O)CN(C(=O)c1cc(N)cc(Cl)c1)C(C)C. The molecule has 0 bridgehead atoms. The van der Waals surface area contributed by atoms with Crippen molar-refractivity contribution in [3.63, 3.8) is 0 Å². The Hall–Kier alpha value is -1.75. The molecule has 0 aromatic heterocycles. The van der Waals surface area contributed by atoms with Gasteiger partial charge in [0.2, 0.25) is 0 Å². The third kappa shape index (κ3) is 4.13. The number of amides is 1. The van der Waals surface area contributed by atoms with E-state index >= 15 is 0 Å². The average Bonchev–Trinajstić information content (AvgIpc) is 2.33. The monoisotopic (exact) mass is 284 g/mol. The number of anilines is 1. The van der Waals surface area contributed by atoms with E-state index in [0.29, 0.717) is 16.3 Å². The van der Waals surface area contributed by atoms with Gasteiger partial charge in [-0.05, 0) is 32.0 Å². The number of nitrogen functional groups attached to an aromatic ring is 1. The maximum absolute atomic E-state index is 12.3. The normalized spacial score (nSPS) is 10.4. The van der Waals surface area contributed by atoms with Crippen LogP contribution in [0.5, 0.6) is 0 Å². The molecule has 0 aliphatic carbocycles. The first-order valence-electron chi connectivity index (χ1n) is 5.79. The number of halogens is 1. The van der Waals surface area contributed by atoms with Crippen LogP contribution < -0.4 is 5.73 Å². The summed E-state index contributed by atoms with van der Waals surface area (Å²) < 4.78 is 4.58. The zero-order chi connectivity index (χ0) is 14.6. The van der Waals surface area contributed by atoms with Gasteiger partial charge >= 0.3 is 5.97 Å². The molecule has 0 saturated carbocycles. The van der Waals surface area contributed by atoms with Crippen LogP contribution in [0.4, 0.5) is 5.69 Å². The molecule has 1 amide bonds. The van der Waals surface area contributed by atoms with E-state index < -0.39 is 5.97 Å². The zero-order valence-electron chi connectivity index (χ0n) is 11.1. The lowest BCUT2D eigenvalue weighted by Gasteiger charge is -2.25. The van der Waals surface area contributed by atoms with Crippen molar-refractivity contribution in [3.8, 4) is 0 Å². The van der Waals surface area contributed by atoms with Crippen LogP contribution in [0.15, 0.2) is 18.2 Å². The summed E-state index contributed by atoms with van der Waals surface area (Å²) >= 11 is 5.87. The fourth-order valence-electron chi connectivity index (χ4n) is 1.59. The van der Waals surface area contributed by atoms with Gasteiger partial charge in [-0.3, -0.25) is 9.59 Å². The van der Waals surface area contributed by atoms with Gasteiger partial charge in [0.15, 0.2) is 0 Å². The quantitative estimate of drug-likeness (QED) is 0.677. The molecule has 0 radical (unpaired) electrons. The van der Waals surface area contributed by atoms with Gasteiger partial charge in [-0.1, -0.05) is 11.6 Å². The molecule has 104 valence electrons. The molecule has 0 atom stereocenters. The van der Waals surface area contributed by atoms with E-state index in [9.17, 15) is 9.59 Å². The second-order valence-electron chi connectivity index (χ2n) is 4.38. The van der Waals surface area contributed by atoms with Crippen LogP contribution in [-0.2, 0) is 9.53 Å². The molecule has 19 heavy (non-hydrogen) atoms. The summed E-state index contributed by atoms with van der Waals surface area (Å²) in [5, 5.41) is 0.380. The van der Waals surface area contributed by atoms with Gasteiger partial charge in [-0.15, -0.1) is 0 Å². The number of benzene rings is 1. The van der Waals surface area contributed by atoms with Crippen molar-refractivity contribution in [3.05, 3.63) is 28.8 Å². The van der Waals surface area contributed by atoms with Crippen molar-refractivity contribution >= 4 is 29.2 Å². The lowest BCUT2D eigenvalue weighted by atomic mass is 10.1. The number of hydrogen-bond acceptors (Lipinski definition) is 4. The number of nitrogens with zero attached hydrogens (tertiary/aromatic N) is 1. The lowest BCUT2D eigenvalue weighted by molar-refractivity contribution is -0.141. The van der Waals surface area contributed by atoms with Crippen LogP contribution >= 0.6 is 11.6 Å². The minimum Gasteiger partial charge on any atom is -0.468 e. The van der Waals surface area contributed by atoms with Crippen LogP contribution in [0.25, 0.3) is 0 Å². The molecule has 2 N–H and O–H groups in total.